The highest BCUT2D eigenvalue weighted by molar-refractivity contribution is 9.10. The van der Waals surface area contributed by atoms with E-state index in [0.717, 1.165) is 42.0 Å². The van der Waals surface area contributed by atoms with E-state index in [0.29, 0.717) is 11.0 Å². The average Bonchev–Trinajstić information content (AvgIpc) is 2.85. The van der Waals surface area contributed by atoms with Crippen molar-refractivity contribution in [2.45, 2.75) is 46.6 Å². The molecule has 1 aliphatic rings. The molecule has 0 aromatic carbocycles. The topological polar surface area (TPSA) is 58.1 Å². The van der Waals surface area contributed by atoms with E-state index in [4.69, 9.17) is 0 Å². The lowest BCUT2D eigenvalue weighted by atomic mass is 9.91. The molecular weight excluding hydrogens is 412 g/mol. The summed E-state index contributed by atoms with van der Waals surface area (Å²) < 4.78 is 0.841. The van der Waals surface area contributed by atoms with Crippen LogP contribution in [-0.2, 0) is 17.8 Å². The summed E-state index contributed by atoms with van der Waals surface area (Å²) in [5, 5.41) is 3.43. The number of nitrogens with one attached hydrogen (secondary N) is 1. The number of pyridine rings is 1. The Morgan fingerprint density at radius 3 is 2.77 bits per heavy atom. The summed E-state index contributed by atoms with van der Waals surface area (Å²) in [6, 6.07) is 4.43. The van der Waals surface area contributed by atoms with Crippen LogP contribution in [0, 0.1) is 19.8 Å². The minimum atomic E-state index is -0.0845. The number of anilines is 1. The lowest BCUT2D eigenvalue weighted by Crippen LogP contribution is -2.35. The van der Waals surface area contributed by atoms with E-state index in [1.54, 1.807) is 11.3 Å². The molecule has 26 heavy (non-hydrogen) atoms. The van der Waals surface area contributed by atoms with Gasteiger partial charge in [-0.05, 0) is 79.2 Å². The van der Waals surface area contributed by atoms with Gasteiger partial charge in [0.1, 0.15) is 4.60 Å². The van der Waals surface area contributed by atoms with Crippen molar-refractivity contribution < 1.29 is 4.79 Å². The fourth-order valence-corrected chi connectivity index (χ4v) is 5.28. The lowest BCUT2D eigenvalue weighted by molar-refractivity contribution is -0.114. The molecule has 3 heterocycles. The van der Waals surface area contributed by atoms with Gasteiger partial charge in [0.25, 0.3) is 0 Å². The maximum atomic E-state index is 11.2. The van der Waals surface area contributed by atoms with Gasteiger partial charge in [-0.3, -0.25) is 14.7 Å². The summed E-state index contributed by atoms with van der Waals surface area (Å²) in [5.74, 6) is 0.588. The lowest BCUT2D eigenvalue weighted by Gasteiger charge is -2.32. The van der Waals surface area contributed by atoms with Gasteiger partial charge in [-0.25, -0.2) is 4.98 Å². The molecular formula is C19H25BrN4OS. The van der Waals surface area contributed by atoms with Crippen LogP contribution >= 0.6 is 27.3 Å². The molecule has 1 atom stereocenters. The van der Waals surface area contributed by atoms with Crippen molar-refractivity contribution in [1.29, 1.82) is 0 Å². The van der Waals surface area contributed by atoms with Gasteiger partial charge in [-0.2, -0.15) is 0 Å². The minimum absolute atomic E-state index is 0.0845. The Hall–Kier alpha value is -1.31. The Morgan fingerprint density at radius 1 is 1.35 bits per heavy atom. The Balaban J connectivity index is 1.61. The number of carbonyl (C=O) groups excluding carboxylic acids is 1. The highest BCUT2D eigenvalue weighted by Crippen LogP contribution is 2.30. The minimum Gasteiger partial charge on any atom is -0.302 e. The molecule has 7 heteroatoms. The number of hydrogen-bond donors (Lipinski definition) is 1. The third-order valence-corrected chi connectivity index (χ3v) is 6.44. The molecule has 140 valence electrons. The molecule has 3 rings (SSSR count). The van der Waals surface area contributed by atoms with Gasteiger partial charge >= 0.3 is 0 Å². The second-order valence-electron chi connectivity index (χ2n) is 7.12. The number of piperidine rings is 1. The smallest absolute Gasteiger partial charge is 0.223 e. The summed E-state index contributed by atoms with van der Waals surface area (Å²) in [6.07, 6.45) is 3.61. The first-order valence-electron chi connectivity index (χ1n) is 8.98. The molecule has 1 unspecified atom stereocenters. The zero-order valence-electron chi connectivity index (χ0n) is 15.5. The highest BCUT2D eigenvalue weighted by atomic mass is 79.9. The number of thiazole rings is 1. The molecule has 0 bridgehead atoms. The predicted molar refractivity (Wildman–Crippen MR) is 110 cm³/mol. The van der Waals surface area contributed by atoms with Crippen molar-refractivity contribution in [2.75, 3.05) is 18.4 Å². The van der Waals surface area contributed by atoms with Gasteiger partial charge < -0.3 is 5.32 Å². The largest absolute Gasteiger partial charge is 0.302 e. The number of halogens is 1. The van der Waals surface area contributed by atoms with E-state index in [2.05, 4.69) is 62.1 Å². The van der Waals surface area contributed by atoms with Crippen LogP contribution in [0.4, 0.5) is 5.13 Å². The van der Waals surface area contributed by atoms with E-state index in [9.17, 15) is 4.79 Å². The molecule has 1 amide bonds. The molecule has 2 aromatic rings. The summed E-state index contributed by atoms with van der Waals surface area (Å²) >= 11 is 5.08. The number of nitrogens with zero attached hydrogens (tertiary/aromatic N) is 3. The number of aromatic nitrogens is 2. The van der Waals surface area contributed by atoms with E-state index in [-0.39, 0.29) is 5.91 Å². The number of amides is 1. The summed E-state index contributed by atoms with van der Waals surface area (Å²) in [5.41, 5.74) is 3.60. The summed E-state index contributed by atoms with van der Waals surface area (Å²) in [6.45, 7) is 8.73. The SMILES string of the molecule is CC(=O)Nc1nc(Br)c(CN2CCCC(Cc3cc(C)nc(C)c3)C2)s1. The molecule has 1 saturated heterocycles. The Morgan fingerprint density at radius 2 is 2.08 bits per heavy atom. The standard InChI is InChI=1S/C19H25BrN4OS/c1-12-7-16(8-13(2)21-12)9-15-5-4-6-24(10-15)11-17-18(20)23-19(26-17)22-14(3)25/h7-8,15H,4-6,9-11H2,1-3H3,(H,22,23,25). The molecule has 0 radical (unpaired) electrons. The maximum absolute atomic E-state index is 11.2. The quantitative estimate of drug-likeness (QED) is 0.757. The molecule has 1 aliphatic heterocycles. The highest BCUT2D eigenvalue weighted by Gasteiger charge is 2.22. The third kappa shape index (κ3) is 5.34. The summed E-state index contributed by atoms with van der Waals surface area (Å²) in [7, 11) is 0. The summed E-state index contributed by atoms with van der Waals surface area (Å²) in [4.78, 5) is 23.8. The third-order valence-electron chi connectivity index (χ3n) is 4.57. The molecule has 5 nitrogen and oxygen atoms in total. The van der Waals surface area contributed by atoms with Crippen LogP contribution in [0.5, 0.6) is 0 Å². The van der Waals surface area contributed by atoms with Gasteiger partial charge in [0.15, 0.2) is 5.13 Å². The van der Waals surface area contributed by atoms with Gasteiger partial charge in [0, 0.05) is 31.4 Å². The van der Waals surface area contributed by atoms with E-state index in [1.807, 2.05) is 0 Å². The van der Waals surface area contributed by atoms with Crippen molar-refractivity contribution >= 4 is 38.3 Å². The number of aryl methyl sites for hydroxylation is 2. The number of rotatable bonds is 5. The second kappa shape index (κ2) is 8.59. The Labute approximate surface area is 167 Å². The zero-order valence-corrected chi connectivity index (χ0v) is 17.9. The zero-order chi connectivity index (χ0) is 18.7. The molecule has 2 aromatic heterocycles. The molecule has 0 spiro atoms. The molecule has 1 fully saturated rings. The molecule has 1 N–H and O–H groups in total. The number of hydrogen-bond acceptors (Lipinski definition) is 5. The first kappa shape index (κ1) is 19.5. The van der Waals surface area contributed by atoms with Gasteiger partial charge in [0.2, 0.25) is 5.91 Å². The van der Waals surface area contributed by atoms with Crippen molar-refractivity contribution in [3.05, 3.63) is 38.6 Å². The van der Waals surface area contributed by atoms with Gasteiger partial charge in [-0.1, -0.05) is 11.3 Å². The maximum Gasteiger partial charge on any atom is 0.223 e. The monoisotopic (exact) mass is 436 g/mol. The van der Waals surface area contributed by atoms with Gasteiger partial charge in [0.05, 0.1) is 4.88 Å². The van der Waals surface area contributed by atoms with Crippen LogP contribution < -0.4 is 5.32 Å². The van der Waals surface area contributed by atoms with Crippen molar-refractivity contribution in [1.82, 2.24) is 14.9 Å². The normalized spacial score (nSPS) is 18.1. The van der Waals surface area contributed by atoms with Gasteiger partial charge in [-0.15, -0.1) is 0 Å². The second-order valence-corrected chi connectivity index (χ2v) is 8.95. The fourth-order valence-electron chi connectivity index (χ4n) is 3.67. The van der Waals surface area contributed by atoms with Crippen LogP contribution in [0.2, 0.25) is 0 Å². The average molecular weight is 437 g/mol. The van der Waals surface area contributed by atoms with E-state index in [1.165, 1.54) is 30.2 Å². The van der Waals surface area contributed by atoms with Crippen LogP contribution in [0.3, 0.4) is 0 Å². The van der Waals surface area contributed by atoms with Crippen molar-refractivity contribution in [3.8, 4) is 0 Å². The van der Waals surface area contributed by atoms with E-state index >= 15 is 0 Å². The molecule has 0 saturated carbocycles. The number of likely N-dealkylation sites (tertiary alicyclic amines) is 1. The van der Waals surface area contributed by atoms with Crippen molar-refractivity contribution in [2.24, 2.45) is 5.92 Å². The predicted octanol–water partition coefficient (Wildman–Crippen LogP) is 4.33. The molecule has 0 aliphatic carbocycles. The van der Waals surface area contributed by atoms with Crippen molar-refractivity contribution in [3.63, 3.8) is 0 Å². The fraction of sp³-hybridized carbons (Fsp3) is 0.526. The first-order valence-corrected chi connectivity index (χ1v) is 10.6. The van der Waals surface area contributed by atoms with Crippen LogP contribution in [0.15, 0.2) is 16.7 Å². The Kier molecular flexibility index (Phi) is 6.42. The Bertz CT molecular complexity index is 772. The van der Waals surface area contributed by atoms with Crippen LogP contribution in [0.25, 0.3) is 0 Å². The van der Waals surface area contributed by atoms with E-state index < -0.39 is 0 Å². The first-order chi connectivity index (χ1) is 12.4. The number of carbonyl (C=O) groups is 1. The van der Waals surface area contributed by atoms with Crippen LogP contribution in [0.1, 0.15) is 41.6 Å². The van der Waals surface area contributed by atoms with Crippen LogP contribution in [-0.4, -0.2) is 33.9 Å².